The van der Waals surface area contributed by atoms with E-state index in [9.17, 15) is 9.59 Å². The minimum Gasteiger partial charge on any atom is -0.480 e. The van der Waals surface area contributed by atoms with Gasteiger partial charge in [-0.15, -0.1) is 11.8 Å². The third-order valence-corrected chi connectivity index (χ3v) is 3.51. The molecule has 1 amide bonds. The van der Waals surface area contributed by atoms with E-state index in [1.165, 1.54) is 16.7 Å². The topological polar surface area (TPSA) is 83.6 Å². The van der Waals surface area contributed by atoms with Crippen LogP contribution in [0, 0.1) is 0 Å². The highest BCUT2D eigenvalue weighted by molar-refractivity contribution is 8.00. The van der Waals surface area contributed by atoms with E-state index in [1.807, 2.05) is 6.92 Å². The first-order valence-corrected chi connectivity index (χ1v) is 5.76. The number of carboxylic acids is 1. The number of hydrogen-bond donors (Lipinski definition) is 2. The number of nitrogens with two attached hydrogens (primary N) is 1. The van der Waals surface area contributed by atoms with Crippen molar-refractivity contribution in [2.75, 3.05) is 5.75 Å². The Morgan fingerprint density at radius 2 is 2.07 bits per heavy atom. The van der Waals surface area contributed by atoms with E-state index in [4.69, 9.17) is 10.8 Å². The van der Waals surface area contributed by atoms with E-state index in [2.05, 4.69) is 0 Å². The van der Waals surface area contributed by atoms with Gasteiger partial charge >= 0.3 is 5.97 Å². The lowest BCUT2D eigenvalue weighted by Gasteiger charge is -2.31. The van der Waals surface area contributed by atoms with Gasteiger partial charge in [-0.05, 0) is 20.8 Å². The van der Waals surface area contributed by atoms with Crippen molar-refractivity contribution in [1.29, 1.82) is 0 Å². The van der Waals surface area contributed by atoms with Gasteiger partial charge in [-0.3, -0.25) is 4.79 Å². The van der Waals surface area contributed by atoms with Crippen LogP contribution in [0.2, 0.25) is 0 Å². The van der Waals surface area contributed by atoms with Crippen LogP contribution in [-0.2, 0) is 9.59 Å². The van der Waals surface area contributed by atoms with Crippen LogP contribution in [0.4, 0.5) is 0 Å². The summed E-state index contributed by atoms with van der Waals surface area (Å²) in [6.45, 7) is 4.99. The van der Waals surface area contributed by atoms with Crippen molar-refractivity contribution < 1.29 is 14.7 Å². The maximum absolute atomic E-state index is 11.9. The predicted molar refractivity (Wildman–Crippen MR) is 58.5 cm³/mol. The van der Waals surface area contributed by atoms with Gasteiger partial charge in [0.15, 0.2) is 0 Å². The van der Waals surface area contributed by atoms with Gasteiger partial charge in [0.1, 0.15) is 6.04 Å². The molecule has 2 unspecified atom stereocenters. The van der Waals surface area contributed by atoms with Gasteiger partial charge < -0.3 is 15.7 Å². The number of aliphatic carboxylic acids is 1. The normalized spacial score (nSPS) is 26.8. The minimum absolute atomic E-state index is 0.124. The van der Waals surface area contributed by atoms with Gasteiger partial charge in [0, 0.05) is 5.75 Å². The summed E-state index contributed by atoms with van der Waals surface area (Å²) in [5.41, 5.74) is 4.67. The molecule has 0 spiro atoms. The zero-order valence-electron chi connectivity index (χ0n) is 9.06. The van der Waals surface area contributed by atoms with Gasteiger partial charge in [-0.2, -0.15) is 0 Å². The first-order valence-electron chi connectivity index (χ1n) is 4.71. The van der Waals surface area contributed by atoms with Crippen LogP contribution in [0.3, 0.4) is 0 Å². The standard InChI is InChI=1S/C9H16N2O3S/c1-5-11(8(14)9(2,3)10)6(4-15-5)7(12)13/h5-6H,4,10H2,1-3H3,(H,12,13). The lowest BCUT2D eigenvalue weighted by molar-refractivity contribution is -0.150. The number of carbonyl (C=O) groups excluding carboxylic acids is 1. The Kier molecular flexibility index (Phi) is 3.30. The van der Waals surface area contributed by atoms with Crippen LogP contribution >= 0.6 is 11.8 Å². The predicted octanol–water partition coefficient (Wildman–Crippen LogP) is 0.0983. The molecule has 1 aliphatic rings. The van der Waals surface area contributed by atoms with Gasteiger partial charge in [0.05, 0.1) is 10.9 Å². The molecule has 1 rings (SSSR count). The summed E-state index contributed by atoms with van der Waals surface area (Å²) < 4.78 is 0. The summed E-state index contributed by atoms with van der Waals surface area (Å²) in [4.78, 5) is 24.2. The first-order chi connectivity index (χ1) is 6.75. The second-order valence-corrected chi connectivity index (χ2v) is 5.57. The lowest BCUT2D eigenvalue weighted by atomic mass is 10.0. The molecule has 1 aliphatic heterocycles. The summed E-state index contributed by atoms with van der Waals surface area (Å²) >= 11 is 1.45. The molecule has 5 nitrogen and oxygen atoms in total. The first kappa shape index (κ1) is 12.3. The molecule has 6 heteroatoms. The monoisotopic (exact) mass is 232 g/mol. The van der Waals surface area contributed by atoms with Crippen LogP contribution in [0.15, 0.2) is 0 Å². The number of thioether (sulfide) groups is 1. The summed E-state index contributed by atoms with van der Waals surface area (Å²) in [5, 5.41) is 8.84. The van der Waals surface area contributed by atoms with Crippen LogP contribution in [0.5, 0.6) is 0 Å². The molecular weight excluding hydrogens is 216 g/mol. The molecule has 0 aromatic rings. The van der Waals surface area contributed by atoms with Crippen molar-refractivity contribution in [3.63, 3.8) is 0 Å². The SMILES string of the molecule is CC1SCC(C(=O)O)N1C(=O)C(C)(C)N. The van der Waals surface area contributed by atoms with E-state index in [1.54, 1.807) is 13.8 Å². The lowest BCUT2D eigenvalue weighted by Crippen LogP contribution is -2.56. The Bertz CT molecular complexity index is 288. The van der Waals surface area contributed by atoms with E-state index < -0.39 is 17.6 Å². The number of carboxylic acid groups (broad SMARTS) is 1. The largest absolute Gasteiger partial charge is 0.480 e. The Morgan fingerprint density at radius 3 is 2.47 bits per heavy atom. The molecule has 2 atom stereocenters. The van der Waals surface area contributed by atoms with Crippen LogP contribution in [0.25, 0.3) is 0 Å². The zero-order valence-corrected chi connectivity index (χ0v) is 9.87. The molecule has 0 bridgehead atoms. The summed E-state index contributed by atoms with van der Waals surface area (Å²) in [6.07, 6.45) is 0. The molecule has 86 valence electrons. The quantitative estimate of drug-likeness (QED) is 0.705. The van der Waals surface area contributed by atoms with Crippen LogP contribution < -0.4 is 5.73 Å². The third kappa shape index (κ3) is 2.43. The third-order valence-electron chi connectivity index (χ3n) is 2.29. The van der Waals surface area contributed by atoms with E-state index in [0.717, 1.165) is 0 Å². The van der Waals surface area contributed by atoms with Gasteiger partial charge in [-0.25, -0.2) is 4.79 Å². The van der Waals surface area contributed by atoms with E-state index in [-0.39, 0.29) is 11.3 Å². The zero-order chi connectivity index (χ0) is 11.8. The minimum atomic E-state index is -1.02. The van der Waals surface area contributed by atoms with E-state index >= 15 is 0 Å². The fourth-order valence-electron chi connectivity index (χ4n) is 1.47. The Hall–Kier alpha value is -0.750. The maximum atomic E-state index is 11.9. The Morgan fingerprint density at radius 1 is 1.53 bits per heavy atom. The van der Waals surface area contributed by atoms with E-state index in [0.29, 0.717) is 5.75 Å². The highest BCUT2D eigenvalue weighted by Gasteiger charge is 2.43. The fraction of sp³-hybridized carbons (Fsp3) is 0.778. The summed E-state index contributed by atoms with van der Waals surface area (Å²) in [5.74, 6) is -0.852. The molecular formula is C9H16N2O3S. The second kappa shape index (κ2) is 4.02. The smallest absolute Gasteiger partial charge is 0.327 e. The molecule has 0 saturated carbocycles. The number of amides is 1. The molecule has 0 aromatic carbocycles. The van der Waals surface area contributed by atoms with Crippen molar-refractivity contribution in [3.05, 3.63) is 0 Å². The molecule has 0 aromatic heterocycles. The van der Waals surface area contributed by atoms with Crippen molar-refractivity contribution in [1.82, 2.24) is 4.90 Å². The van der Waals surface area contributed by atoms with Crippen LogP contribution in [0.1, 0.15) is 20.8 Å². The number of carbonyl (C=O) groups is 2. The average molecular weight is 232 g/mol. The van der Waals surface area contributed by atoms with Crippen molar-refractivity contribution in [2.45, 2.75) is 37.7 Å². The molecule has 0 aliphatic carbocycles. The van der Waals surface area contributed by atoms with Crippen LogP contribution in [-0.4, -0.2) is 44.6 Å². The molecule has 3 N–H and O–H groups in total. The molecule has 1 fully saturated rings. The summed E-state index contributed by atoms with van der Waals surface area (Å²) in [6, 6.07) is -0.750. The Balaban J connectivity index is 2.90. The number of nitrogens with zero attached hydrogens (tertiary/aromatic N) is 1. The highest BCUT2D eigenvalue weighted by atomic mass is 32.2. The molecule has 15 heavy (non-hydrogen) atoms. The van der Waals surface area contributed by atoms with Crippen molar-refractivity contribution >= 4 is 23.6 Å². The molecule has 1 heterocycles. The number of hydrogen-bond acceptors (Lipinski definition) is 4. The van der Waals surface area contributed by atoms with Crippen molar-refractivity contribution in [2.24, 2.45) is 5.73 Å². The van der Waals surface area contributed by atoms with Gasteiger partial charge in [-0.1, -0.05) is 0 Å². The molecule has 1 saturated heterocycles. The Labute approximate surface area is 93.0 Å². The highest BCUT2D eigenvalue weighted by Crippen LogP contribution is 2.30. The van der Waals surface area contributed by atoms with Crippen molar-refractivity contribution in [3.8, 4) is 0 Å². The second-order valence-electron chi connectivity index (χ2n) is 4.22. The summed E-state index contributed by atoms with van der Waals surface area (Å²) in [7, 11) is 0. The number of rotatable bonds is 2. The van der Waals surface area contributed by atoms with Gasteiger partial charge in [0.2, 0.25) is 5.91 Å². The van der Waals surface area contributed by atoms with Gasteiger partial charge in [0.25, 0.3) is 0 Å². The average Bonchev–Trinajstić information content (AvgIpc) is 2.44. The fourth-order valence-corrected chi connectivity index (χ4v) is 2.64. The molecule has 0 radical (unpaired) electrons. The maximum Gasteiger partial charge on any atom is 0.327 e.